The Hall–Kier alpha value is -0.480. The standard InChI is InChI=1S/C14H27N/c1-6-7-8-9-13(4)14(5)11-15-10-12(2)3/h1,12-15H,7-11H2,2-5H3. The van der Waals surface area contributed by atoms with Gasteiger partial charge in [0, 0.05) is 6.42 Å². The van der Waals surface area contributed by atoms with Crippen LogP contribution in [0.2, 0.25) is 0 Å². The molecule has 0 heterocycles. The van der Waals surface area contributed by atoms with Crippen LogP contribution in [-0.2, 0) is 0 Å². The lowest BCUT2D eigenvalue weighted by molar-refractivity contribution is 0.336. The fraction of sp³-hybridized carbons (Fsp3) is 0.857. The van der Waals surface area contributed by atoms with Crippen LogP contribution in [-0.4, -0.2) is 13.1 Å². The van der Waals surface area contributed by atoms with Crippen molar-refractivity contribution in [2.24, 2.45) is 17.8 Å². The average molecular weight is 209 g/mol. The van der Waals surface area contributed by atoms with Crippen LogP contribution in [0.5, 0.6) is 0 Å². The summed E-state index contributed by atoms with van der Waals surface area (Å²) in [6.45, 7) is 11.4. The van der Waals surface area contributed by atoms with Crippen molar-refractivity contribution >= 4 is 0 Å². The zero-order valence-corrected chi connectivity index (χ0v) is 10.8. The molecule has 0 saturated carbocycles. The molecule has 0 aromatic carbocycles. The van der Waals surface area contributed by atoms with Crippen LogP contribution >= 0.6 is 0 Å². The third-order valence-electron chi connectivity index (χ3n) is 2.97. The Kier molecular flexibility index (Phi) is 8.52. The van der Waals surface area contributed by atoms with Crippen molar-refractivity contribution in [2.75, 3.05) is 13.1 Å². The van der Waals surface area contributed by atoms with E-state index in [2.05, 4.69) is 38.9 Å². The summed E-state index contributed by atoms with van der Waals surface area (Å²) in [5.41, 5.74) is 0. The minimum atomic E-state index is 0.744. The Bertz CT molecular complexity index is 178. The fourth-order valence-corrected chi connectivity index (χ4v) is 1.61. The van der Waals surface area contributed by atoms with Crippen molar-refractivity contribution in [3.63, 3.8) is 0 Å². The Balaban J connectivity index is 3.51. The summed E-state index contributed by atoms with van der Waals surface area (Å²) in [4.78, 5) is 0. The van der Waals surface area contributed by atoms with Crippen molar-refractivity contribution in [1.29, 1.82) is 0 Å². The molecule has 0 aromatic rings. The van der Waals surface area contributed by atoms with Gasteiger partial charge < -0.3 is 5.32 Å². The van der Waals surface area contributed by atoms with E-state index in [0.717, 1.165) is 37.3 Å². The molecule has 0 rings (SSSR count). The molecule has 0 bridgehead atoms. The predicted molar refractivity (Wildman–Crippen MR) is 68.7 cm³/mol. The number of hydrogen-bond donors (Lipinski definition) is 1. The minimum Gasteiger partial charge on any atom is -0.316 e. The smallest absolute Gasteiger partial charge is 0.00861 e. The van der Waals surface area contributed by atoms with Crippen LogP contribution in [0.3, 0.4) is 0 Å². The molecule has 0 radical (unpaired) electrons. The minimum absolute atomic E-state index is 0.744. The van der Waals surface area contributed by atoms with E-state index >= 15 is 0 Å². The van der Waals surface area contributed by atoms with Gasteiger partial charge in [-0.3, -0.25) is 0 Å². The van der Waals surface area contributed by atoms with Crippen molar-refractivity contribution in [3.8, 4) is 12.3 Å². The fourth-order valence-electron chi connectivity index (χ4n) is 1.61. The van der Waals surface area contributed by atoms with E-state index in [1.807, 2.05) is 0 Å². The number of terminal acetylenes is 1. The molecule has 15 heavy (non-hydrogen) atoms. The lowest BCUT2D eigenvalue weighted by atomic mass is 9.91. The Labute approximate surface area is 96.0 Å². The molecule has 0 aliphatic rings. The van der Waals surface area contributed by atoms with Gasteiger partial charge in [0.25, 0.3) is 0 Å². The van der Waals surface area contributed by atoms with Crippen LogP contribution in [0.1, 0.15) is 47.0 Å². The quantitative estimate of drug-likeness (QED) is 0.478. The molecule has 0 spiro atoms. The van der Waals surface area contributed by atoms with E-state index in [-0.39, 0.29) is 0 Å². The van der Waals surface area contributed by atoms with Crippen molar-refractivity contribution in [3.05, 3.63) is 0 Å². The molecule has 88 valence electrons. The highest BCUT2D eigenvalue weighted by atomic mass is 14.9. The molecule has 0 saturated heterocycles. The Morgan fingerprint density at radius 1 is 1.07 bits per heavy atom. The maximum Gasteiger partial charge on any atom is 0.00861 e. The summed E-state index contributed by atoms with van der Waals surface area (Å²) >= 11 is 0. The summed E-state index contributed by atoms with van der Waals surface area (Å²) in [5.74, 6) is 4.98. The van der Waals surface area contributed by atoms with Gasteiger partial charge in [-0.1, -0.05) is 27.7 Å². The normalized spacial score (nSPS) is 14.9. The third kappa shape index (κ3) is 8.51. The van der Waals surface area contributed by atoms with Crippen LogP contribution in [0, 0.1) is 30.1 Å². The highest BCUT2D eigenvalue weighted by Gasteiger charge is 2.11. The molecule has 1 N–H and O–H groups in total. The van der Waals surface area contributed by atoms with Crippen molar-refractivity contribution in [1.82, 2.24) is 5.32 Å². The molecular weight excluding hydrogens is 182 g/mol. The first kappa shape index (κ1) is 14.5. The molecule has 2 atom stereocenters. The highest BCUT2D eigenvalue weighted by molar-refractivity contribution is 4.83. The molecule has 0 fully saturated rings. The maximum atomic E-state index is 5.24. The van der Waals surface area contributed by atoms with Gasteiger partial charge in [-0.25, -0.2) is 0 Å². The maximum absolute atomic E-state index is 5.24. The number of hydrogen-bond acceptors (Lipinski definition) is 1. The summed E-state index contributed by atoms with van der Waals surface area (Å²) in [6, 6.07) is 0. The number of nitrogens with one attached hydrogen (secondary N) is 1. The summed E-state index contributed by atoms with van der Waals surface area (Å²) in [5, 5.41) is 3.52. The van der Waals surface area contributed by atoms with Gasteiger partial charge in [0.1, 0.15) is 0 Å². The lowest BCUT2D eigenvalue weighted by Crippen LogP contribution is -2.28. The van der Waals surface area contributed by atoms with Crippen molar-refractivity contribution < 1.29 is 0 Å². The van der Waals surface area contributed by atoms with E-state index in [1.54, 1.807) is 0 Å². The van der Waals surface area contributed by atoms with Gasteiger partial charge in [-0.15, -0.1) is 12.3 Å². The van der Waals surface area contributed by atoms with Crippen LogP contribution in [0.4, 0.5) is 0 Å². The second kappa shape index (κ2) is 8.80. The molecule has 0 amide bonds. The Morgan fingerprint density at radius 2 is 1.73 bits per heavy atom. The van der Waals surface area contributed by atoms with E-state index < -0.39 is 0 Å². The van der Waals surface area contributed by atoms with Gasteiger partial charge >= 0.3 is 0 Å². The number of unbranched alkanes of at least 4 members (excludes halogenated alkanes) is 1. The van der Waals surface area contributed by atoms with Crippen LogP contribution in [0.25, 0.3) is 0 Å². The largest absolute Gasteiger partial charge is 0.316 e. The van der Waals surface area contributed by atoms with E-state index in [1.165, 1.54) is 12.8 Å². The first-order chi connectivity index (χ1) is 7.07. The summed E-state index contributed by atoms with van der Waals surface area (Å²) in [6.07, 6.45) is 8.60. The van der Waals surface area contributed by atoms with Gasteiger partial charge in [0.05, 0.1) is 0 Å². The zero-order valence-electron chi connectivity index (χ0n) is 10.8. The Morgan fingerprint density at radius 3 is 2.27 bits per heavy atom. The lowest BCUT2D eigenvalue weighted by Gasteiger charge is -2.20. The van der Waals surface area contributed by atoms with Crippen LogP contribution in [0.15, 0.2) is 0 Å². The van der Waals surface area contributed by atoms with E-state index in [0.29, 0.717) is 0 Å². The van der Waals surface area contributed by atoms with Gasteiger partial charge in [0.15, 0.2) is 0 Å². The molecule has 2 unspecified atom stereocenters. The highest BCUT2D eigenvalue weighted by Crippen LogP contribution is 2.16. The van der Waals surface area contributed by atoms with Gasteiger partial charge in [0.2, 0.25) is 0 Å². The average Bonchev–Trinajstić information content (AvgIpc) is 2.17. The first-order valence-corrected chi connectivity index (χ1v) is 6.22. The van der Waals surface area contributed by atoms with Gasteiger partial charge in [-0.05, 0) is 43.7 Å². The molecule has 0 aromatic heterocycles. The van der Waals surface area contributed by atoms with E-state index in [9.17, 15) is 0 Å². The molecule has 1 nitrogen and oxygen atoms in total. The second-order valence-electron chi connectivity index (χ2n) is 5.10. The first-order valence-electron chi connectivity index (χ1n) is 6.22. The summed E-state index contributed by atoms with van der Waals surface area (Å²) in [7, 11) is 0. The molecule has 1 heteroatoms. The second-order valence-corrected chi connectivity index (χ2v) is 5.10. The third-order valence-corrected chi connectivity index (χ3v) is 2.97. The monoisotopic (exact) mass is 209 g/mol. The summed E-state index contributed by atoms with van der Waals surface area (Å²) < 4.78 is 0. The molecule has 0 aliphatic heterocycles. The van der Waals surface area contributed by atoms with E-state index in [4.69, 9.17) is 6.42 Å². The molecular formula is C14H27N. The predicted octanol–water partition coefficient (Wildman–Crippen LogP) is 3.31. The van der Waals surface area contributed by atoms with Gasteiger partial charge in [-0.2, -0.15) is 0 Å². The SMILES string of the molecule is C#CCCCC(C)C(C)CNCC(C)C. The number of rotatable bonds is 8. The van der Waals surface area contributed by atoms with Crippen LogP contribution < -0.4 is 5.32 Å². The molecule has 0 aliphatic carbocycles. The van der Waals surface area contributed by atoms with Crippen molar-refractivity contribution in [2.45, 2.75) is 47.0 Å². The topological polar surface area (TPSA) is 12.0 Å². The zero-order chi connectivity index (χ0) is 11.7.